The van der Waals surface area contributed by atoms with E-state index in [2.05, 4.69) is 33.0 Å². The molecule has 3 heterocycles. The molecule has 180 valence electrons. The summed E-state index contributed by atoms with van der Waals surface area (Å²) in [5.74, 6) is -0.0892. The van der Waals surface area contributed by atoms with E-state index >= 15 is 0 Å². The molecule has 0 radical (unpaired) electrons. The van der Waals surface area contributed by atoms with E-state index in [1.165, 1.54) is 11.0 Å². The van der Waals surface area contributed by atoms with Crippen LogP contribution < -0.4 is 0 Å². The third-order valence-electron chi connectivity index (χ3n) is 6.70. The van der Waals surface area contributed by atoms with E-state index in [1.807, 2.05) is 54.0 Å². The number of benzene rings is 2. The van der Waals surface area contributed by atoms with Gasteiger partial charge in [-0.15, -0.1) is 16.4 Å². The topological polar surface area (TPSA) is 84.2 Å². The lowest BCUT2D eigenvalue weighted by Crippen LogP contribution is -2.46. The van der Waals surface area contributed by atoms with Crippen molar-refractivity contribution in [1.29, 1.82) is 0 Å². The molecule has 1 saturated heterocycles. The Bertz CT molecular complexity index is 1350. The van der Waals surface area contributed by atoms with Gasteiger partial charge in [-0.2, -0.15) is 0 Å². The molecule has 2 aromatic heterocycles. The smallest absolute Gasteiger partial charge is 0.253 e. The second-order valence-corrected chi connectivity index (χ2v) is 9.68. The van der Waals surface area contributed by atoms with Crippen LogP contribution in [0.5, 0.6) is 0 Å². The molecule has 0 saturated carbocycles. The van der Waals surface area contributed by atoms with E-state index in [0.29, 0.717) is 31.7 Å². The lowest BCUT2D eigenvalue weighted by atomic mass is 9.95. The number of carbonyl (C=O) groups is 2. The maximum Gasteiger partial charge on any atom is 0.253 e. The summed E-state index contributed by atoms with van der Waals surface area (Å²) >= 11 is 1.68. The van der Waals surface area contributed by atoms with Gasteiger partial charge in [0.15, 0.2) is 0 Å². The van der Waals surface area contributed by atoms with Crippen LogP contribution in [0.15, 0.2) is 54.2 Å². The highest BCUT2D eigenvalue weighted by atomic mass is 32.1. The molecule has 0 aliphatic carbocycles. The van der Waals surface area contributed by atoms with Crippen molar-refractivity contribution in [2.45, 2.75) is 26.7 Å². The molecule has 1 atom stereocenters. The number of hydrogen-bond acceptors (Lipinski definition) is 6. The van der Waals surface area contributed by atoms with Gasteiger partial charge in [0.2, 0.25) is 5.91 Å². The number of fused-ring (bicyclic) bond motifs is 1. The molecule has 2 amide bonds. The second-order valence-electron chi connectivity index (χ2n) is 8.77. The van der Waals surface area contributed by atoms with Crippen LogP contribution in [0.2, 0.25) is 0 Å². The van der Waals surface area contributed by atoms with E-state index in [9.17, 15) is 9.59 Å². The molecule has 1 aliphatic rings. The summed E-state index contributed by atoms with van der Waals surface area (Å²) in [7, 11) is 0. The zero-order chi connectivity index (χ0) is 24.4. The third-order valence-corrected chi connectivity index (χ3v) is 7.67. The lowest BCUT2D eigenvalue weighted by Gasteiger charge is -2.34. The van der Waals surface area contributed by atoms with Gasteiger partial charge in [-0.1, -0.05) is 18.2 Å². The van der Waals surface area contributed by atoms with E-state index < -0.39 is 0 Å². The number of hydrogen-bond donors (Lipinski definition) is 0. The fraction of sp³-hybridized carbons (Fsp3) is 0.346. The summed E-state index contributed by atoms with van der Waals surface area (Å²) in [5, 5.41) is 14.8. The Hall–Kier alpha value is -3.59. The first-order valence-electron chi connectivity index (χ1n) is 12.0. The molecule has 5 rings (SSSR count). The molecule has 35 heavy (non-hydrogen) atoms. The highest BCUT2D eigenvalue weighted by Crippen LogP contribution is 2.35. The van der Waals surface area contributed by atoms with E-state index in [4.69, 9.17) is 0 Å². The van der Waals surface area contributed by atoms with Crippen LogP contribution in [0.1, 0.15) is 37.0 Å². The van der Waals surface area contributed by atoms with Gasteiger partial charge in [0, 0.05) is 47.4 Å². The molecule has 2 aromatic carbocycles. The minimum Gasteiger partial charge on any atom is -0.343 e. The van der Waals surface area contributed by atoms with E-state index in [-0.39, 0.29) is 17.7 Å². The van der Waals surface area contributed by atoms with Gasteiger partial charge in [-0.3, -0.25) is 9.59 Å². The fourth-order valence-electron chi connectivity index (χ4n) is 4.84. The SMILES string of the molecule is CCN(CC)C(=O)C1CCCN(C(=O)c2cc(-c3csc4ccccc34)cc(-n3cnnn3)c2)C1. The van der Waals surface area contributed by atoms with Crippen LogP contribution in [0.3, 0.4) is 0 Å². The van der Waals surface area contributed by atoms with Crippen LogP contribution in [-0.2, 0) is 4.79 Å². The van der Waals surface area contributed by atoms with Gasteiger partial charge in [0.05, 0.1) is 11.6 Å². The van der Waals surface area contributed by atoms with Gasteiger partial charge >= 0.3 is 0 Å². The molecule has 0 bridgehead atoms. The highest BCUT2D eigenvalue weighted by molar-refractivity contribution is 7.17. The minimum absolute atomic E-state index is 0.0715. The third kappa shape index (κ3) is 4.55. The zero-order valence-corrected chi connectivity index (χ0v) is 20.7. The highest BCUT2D eigenvalue weighted by Gasteiger charge is 2.31. The number of nitrogens with zero attached hydrogens (tertiary/aromatic N) is 6. The normalized spacial score (nSPS) is 15.9. The number of rotatable bonds is 6. The summed E-state index contributed by atoms with van der Waals surface area (Å²) in [6.45, 7) is 6.45. The summed E-state index contributed by atoms with van der Waals surface area (Å²) in [4.78, 5) is 30.4. The van der Waals surface area contributed by atoms with Crippen molar-refractivity contribution < 1.29 is 9.59 Å². The Balaban J connectivity index is 1.50. The summed E-state index contributed by atoms with van der Waals surface area (Å²) in [5.41, 5.74) is 3.30. The molecule has 4 aromatic rings. The fourth-order valence-corrected chi connectivity index (χ4v) is 5.81. The standard InChI is InChI=1S/C26H28N6O2S/c1-3-30(4-2)25(33)18-8-7-11-31(15-18)26(34)20-12-19(13-21(14-20)32-17-27-28-29-32)23-16-35-24-10-6-5-9-22(23)24/h5-6,9-10,12-14,16-18H,3-4,7-8,11,15H2,1-2H3. The van der Waals surface area contributed by atoms with E-state index in [0.717, 1.165) is 35.0 Å². The second kappa shape index (κ2) is 9.95. The van der Waals surface area contributed by atoms with Crippen LogP contribution in [0.25, 0.3) is 26.9 Å². The average molecular weight is 489 g/mol. The molecule has 1 unspecified atom stereocenters. The Labute approximate surface area is 208 Å². The van der Waals surface area contributed by atoms with Crippen molar-refractivity contribution in [2.24, 2.45) is 5.92 Å². The lowest BCUT2D eigenvalue weighted by molar-refractivity contribution is -0.136. The van der Waals surface area contributed by atoms with Gasteiger partial charge in [-0.05, 0) is 72.3 Å². The Morgan fingerprint density at radius 3 is 2.74 bits per heavy atom. The molecule has 0 N–H and O–H groups in total. The first kappa shape index (κ1) is 23.2. The molecular weight excluding hydrogens is 460 g/mol. The zero-order valence-electron chi connectivity index (χ0n) is 19.9. The van der Waals surface area contributed by atoms with Crippen LogP contribution >= 0.6 is 11.3 Å². The van der Waals surface area contributed by atoms with Crippen molar-refractivity contribution in [1.82, 2.24) is 30.0 Å². The molecule has 1 fully saturated rings. The summed E-state index contributed by atoms with van der Waals surface area (Å²) in [6, 6.07) is 14.0. The number of thiophene rings is 1. The minimum atomic E-state index is -0.157. The molecule has 9 heteroatoms. The van der Waals surface area contributed by atoms with Gasteiger partial charge in [0.1, 0.15) is 6.33 Å². The number of tetrazole rings is 1. The van der Waals surface area contributed by atoms with Crippen molar-refractivity contribution in [3.63, 3.8) is 0 Å². The van der Waals surface area contributed by atoms with Crippen molar-refractivity contribution in [3.05, 3.63) is 59.7 Å². The summed E-state index contributed by atoms with van der Waals surface area (Å²) < 4.78 is 2.76. The predicted octanol–water partition coefficient (Wildman–Crippen LogP) is 4.26. The van der Waals surface area contributed by atoms with Crippen molar-refractivity contribution in [3.8, 4) is 16.8 Å². The Morgan fingerprint density at radius 2 is 1.97 bits per heavy atom. The average Bonchev–Trinajstić information content (AvgIpc) is 3.59. The van der Waals surface area contributed by atoms with Gasteiger partial charge in [0.25, 0.3) is 5.91 Å². The number of likely N-dealkylation sites (tertiary alicyclic amines) is 1. The first-order chi connectivity index (χ1) is 17.1. The molecule has 8 nitrogen and oxygen atoms in total. The maximum atomic E-state index is 13.7. The summed E-state index contributed by atoms with van der Waals surface area (Å²) in [6.07, 6.45) is 3.16. The molecule has 0 spiro atoms. The monoisotopic (exact) mass is 488 g/mol. The van der Waals surface area contributed by atoms with Crippen LogP contribution in [-0.4, -0.2) is 68.0 Å². The maximum absolute atomic E-state index is 13.7. The first-order valence-corrected chi connectivity index (χ1v) is 12.9. The number of aromatic nitrogens is 4. The van der Waals surface area contributed by atoms with Crippen LogP contribution in [0, 0.1) is 5.92 Å². The molecular formula is C26H28N6O2S. The van der Waals surface area contributed by atoms with Gasteiger partial charge < -0.3 is 9.80 Å². The van der Waals surface area contributed by atoms with Crippen LogP contribution in [0.4, 0.5) is 0 Å². The van der Waals surface area contributed by atoms with Gasteiger partial charge in [-0.25, -0.2) is 4.68 Å². The Morgan fingerprint density at radius 1 is 1.14 bits per heavy atom. The number of carbonyl (C=O) groups excluding carboxylic acids is 2. The Kier molecular flexibility index (Phi) is 6.59. The quantitative estimate of drug-likeness (QED) is 0.405. The van der Waals surface area contributed by atoms with Crippen molar-refractivity contribution in [2.75, 3.05) is 26.2 Å². The number of amides is 2. The van der Waals surface area contributed by atoms with Crippen molar-refractivity contribution >= 4 is 33.2 Å². The predicted molar refractivity (Wildman–Crippen MR) is 137 cm³/mol. The van der Waals surface area contributed by atoms with E-state index in [1.54, 1.807) is 16.0 Å². The number of piperidine rings is 1. The largest absolute Gasteiger partial charge is 0.343 e. The molecule has 1 aliphatic heterocycles.